The van der Waals surface area contributed by atoms with Gasteiger partial charge in [0.25, 0.3) is 0 Å². The van der Waals surface area contributed by atoms with Crippen molar-refractivity contribution in [3.63, 3.8) is 0 Å². The number of thioether (sulfide) groups is 1. The van der Waals surface area contributed by atoms with Crippen LogP contribution in [0.3, 0.4) is 0 Å². The van der Waals surface area contributed by atoms with Crippen LogP contribution in [0.4, 0.5) is 5.69 Å². The van der Waals surface area contributed by atoms with Crippen molar-refractivity contribution in [1.82, 2.24) is 10.3 Å². The van der Waals surface area contributed by atoms with Gasteiger partial charge in [0.1, 0.15) is 5.03 Å². The second-order valence-corrected chi connectivity index (χ2v) is 6.41. The van der Waals surface area contributed by atoms with Crippen LogP contribution in [0.15, 0.2) is 53.7 Å². The lowest BCUT2D eigenvalue weighted by molar-refractivity contribution is -0.118. The first-order chi connectivity index (χ1) is 11.2. The quantitative estimate of drug-likeness (QED) is 0.585. The maximum Gasteiger partial charge on any atom is 0.230 e. The summed E-state index contributed by atoms with van der Waals surface area (Å²) in [6, 6.07) is 13.7. The molecular weight excluding hydrogens is 330 g/mol. The Hall–Kier alpha value is -1.72. The maximum absolute atomic E-state index is 11.8. The smallest absolute Gasteiger partial charge is 0.230 e. The number of pyridine rings is 1. The summed E-state index contributed by atoms with van der Waals surface area (Å²) in [5, 5.41) is 4.19. The topological polar surface area (TPSA) is 45.2 Å². The van der Waals surface area contributed by atoms with E-state index in [1.165, 1.54) is 17.4 Å². The summed E-state index contributed by atoms with van der Waals surface area (Å²) in [6.45, 7) is 1.55. The number of para-hydroxylation sites is 1. The lowest BCUT2D eigenvalue weighted by Gasteiger charge is -2.19. The Bertz CT molecular complexity index is 624. The van der Waals surface area contributed by atoms with Crippen LogP contribution in [0.25, 0.3) is 0 Å². The number of hydrogen-bond acceptors (Lipinski definition) is 4. The van der Waals surface area contributed by atoms with Crippen LogP contribution >= 0.6 is 23.4 Å². The van der Waals surface area contributed by atoms with E-state index in [4.69, 9.17) is 11.6 Å². The highest BCUT2D eigenvalue weighted by atomic mass is 35.5. The van der Waals surface area contributed by atoms with E-state index in [1.807, 2.05) is 18.2 Å². The monoisotopic (exact) mass is 349 g/mol. The molecule has 0 spiro atoms. The van der Waals surface area contributed by atoms with E-state index in [1.54, 1.807) is 18.3 Å². The Morgan fingerprint density at radius 1 is 1.26 bits per heavy atom. The molecule has 1 N–H and O–H groups in total. The number of rotatable bonds is 8. The van der Waals surface area contributed by atoms with Crippen LogP contribution in [0.2, 0.25) is 5.02 Å². The lowest BCUT2D eigenvalue weighted by Crippen LogP contribution is -2.29. The van der Waals surface area contributed by atoms with Gasteiger partial charge in [0, 0.05) is 32.0 Å². The number of benzene rings is 1. The summed E-state index contributed by atoms with van der Waals surface area (Å²) in [5.41, 5.74) is 1.18. The van der Waals surface area contributed by atoms with Crippen molar-refractivity contribution in [1.29, 1.82) is 0 Å². The Labute approximate surface area is 146 Å². The normalized spacial score (nSPS) is 10.3. The van der Waals surface area contributed by atoms with E-state index in [0.717, 1.165) is 13.0 Å². The van der Waals surface area contributed by atoms with Crippen LogP contribution < -0.4 is 10.2 Å². The molecule has 0 aliphatic rings. The fourth-order valence-corrected chi connectivity index (χ4v) is 3.01. The Morgan fingerprint density at radius 3 is 2.78 bits per heavy atom. The van der Waals surface area contributed by atoms with Gasteiger partial charge >= 0.3 is 0 Å². The molecule has 0 saturated carbocycles. The molecule has 1 aromatic carbocycles. The Balaban J connectivity index is 1.62. The minimum atomic E-state index is -0.000848. The average molecular weight is 350 g/mol. The van der Waals surface area contributed by atoms with E-state index in [2.05, 4.69) is 34.4 Å². The molecule has 0 radical (unpaired) electrons. The Kier molecular flexibility index (Phi) is 7.23. The number of carbonyl (C=O) groups is 1. The van der Waals surface area contributed by atoms with Crippen molar-refractivity contribution in [2.45, 2.75) is 11.4 Å². The molecule has 0 fully saturated rings. The van der Waals surface area contributed by atoms with Crippen LogP contribution in [0, 0.1) is 0 Å². The minimum Gasteiger partial charge on any atom is -0.375 e. The highest BCUT2D eigenvalue weighted by Crippen LogP contribution is 2.23. The van der Waals surface area contributed by atoms with Crippen molar-refractivity contribution in [2.24, 2.45) is 0 Å². The fourth-order valence-electron chi connectivity index (χ4n) is 2.02. The molecule has 1 amide bonds. The van der Waals surface area contributed by atoms with Crippen LogP contribution in [0.1, 0.15) is 6.42 Å². The van der Waals surface area contributed by atoms with Crippen molar-refractivity contribution < 1.29 is 4.79 Å². The number of nitrogens with zero attached hydrogens (tertiary/aromatic N) is 2. The predicted molar refractivity (Wildman–Crippen MR) is 97.3 cm³/mol. The molecule has 23 heavy (non-hydrogen) atoms. The summed E-state index contributed by atoms with van der Waals surface area (Å²) in [6.07, 6.45) is 2.57. The third-order valence-corrected chi connectivity index (χ3v) is 4.68. The zero-order chi connectivity index (χ0) is 16.5. The van der Waals surface area contributed by atoms with Gasteiger partial charge in [-0.1, -0.05) is 41.6 Å². The summed E-state index contributed by atoms with van der Waals surface area (Å²) in [5.74, 6) is 0.324. The van der Waals surface area contributed by atoms with Crippen molar-refractivity contribution in [2.75, 3.05) is 30.8 Å². The average Bonchev–Trinajstić information content (AvgIpc) is 2.58. The standard InChI is InChI=1S/C17H20ClN3OS/c1-21(14-7-3-2-4-8-14)12-6-11-19-16(22)13-23-17-15(18)9-5-10-20-17/h2-5,7-10H,6,11-13H2,1H3,(H,19,22). The van der Waals surface area contributed by atoms with Gasteiger partial charge in [0.05, 0.1) is 10.8 Å². The number of nitrogens with one attached hydrogen (secondary N) is 1. The molecule has 6 heteroatoms. The number of hydrogen-bond donors (Lipinski definition) is 1. The second kappa shape index (κ2) is 9.43. The molecule has 2 rings (SSSR count). The molecule has 0 atom stereocenters. The van der Waals surface area contributed by atoms with E-state index in [-0.39, 0.29) is 5.91 Å². The summed E-state index contributed by atoms with van der Waals surface area (Å²) >= 11 is 7.36. The molecule has 0 bridgehead atoms. The Morgan fingerprint density at radius 2 is 2.04 bits per heavy atom. The van der Waals surface area contributed by atoms with Crippen LogP contribution in [0.5, 0.6) is 0 Å². The van der Waals surface area contributed by atoms with E-state index >= 15 is 0 Å². The summed E-state index contributed by atoms with van der Waals surface area (Å²) in [7, 11) is 2.05. The summed E-state index contributed by atoms with van der Waals surface area (Å²) in [4.78, 5) is 18.1. The number of halogens is 1. The van der Waals surface area contributed by atoms with Gasteiger partial charge in [-0.15, -0.1) is 0 Å². The number of amides is 1. The van der Waals surface area contributed by atoms with Crippen molar-refractivity contribution >= 4 is 35.0 Å². The van der Waals surface area contributed by atoms with E-state index in [0.29, 0.717) is 22.3 Å². The first kappa shape index (κ1) is 17.6. The van der Waals surface area contributed by atoms with E-state index < -0.39 is 0 Å². The fraction of sp³-hybridized carbons (Fsp3) is 0.294. The van der Waals surface area contributed by atoms with Crippen molar-refractivity contribution in [3.8, 4) is 0 Å². The van der Waals surface area contributed by atoms with Gasteiger partial charge in [-0.25, -0.2) is 4.98 Å². The number of carbonyl (C=O) groups excluding carboxylic acids is 1. The largest absolute Gasteiger partial charge is 0.375 e. The number of aromatic nitrogens is 1. The maximum atomic E-state index is 11.8. The lowest BCUT2D eigenvalue weighted by atomic mass is 10.3. The second-order valence-electron chi connectivity index (χ2n) is 5.04. The molecule has 0 saturated heterocycles. The van der Waals surface area contributed by atoms with Crippen molar-refractivity contribution in [3.05, 3.63) is 53.7 Å². The van der Waals surface area contributed by atoms with Gasteiger partial charge in [-0.3, -0.25) is 4.79 Å². The molecule has 0 aliphatic heterocycles. The van der Waals surface area contributed by atoms with Gasteiger partial charge < -0.3 is 10.2 Å². The molecule has 122 valence electrons. The first-order valence-corrected chi connectivity index (χ1v) is 8.79. The predicted octanol–water partition coefficient (Wildman–Crippen LogP) is 3.47. The molecule has 4 nitrogen and oxygen atoms in total. The van der Waals surface area contributed by atoms with Crippen LogP contribution in [-0.4, -0.2) is 36.8 Å². The number of anilines is 1. The molecule has 0 aliphatic carbocycles. The van der Waals surface area contributed by atoms with Gasteiger partial charge in [0.15, 0.2) is 0 Å². The van der Waals surface area contributed by atoms with Crippen LogP contribution in [-0.2, 0) is 4.79 Å². The van der Waals surface area contributed by atoms with Gasteiger partial charge in [-0.05, 0) is 30.7 Å². The van der Waals surface area contributed by atoms with Gasteiger partial charge in [-0.2, -0.15) is 0 Å². The molecule has 0 unspecified atom stereocenters. The molecule has 1 heterocycles. The highest BCUT2D eigenvalue weighted by molar-refractivity contribution is 8.00. The van der Waals surface area contributed by atoms with Gasteiger partial charge in [0.2, 0.25) is 5.91 Å². The first-order valence-electron chi connectivity index (χ1n) is 7.43. The van der Waals surface area contributed by atoms with E-state index in [9.17, 15) is 4.79 Å². The SMILES string of the molecule is CN(CCCNC(=O)CSc1ncccc1Cl)c1ccccc1. The zero-order valence-electron chi connectivity index (χ0n) is 13.0. The molecular formula is C17H20ClN3OS. The zero-order valence-corrected chi connectivity index (χ0v) is 14.6. The molecule has 2 aromatic rings. The third-order valence-electron chi connectivity index (χ3n) is 3.25. The third kappa shape index (κ3) is 6.12. The summed E-state index contributed by atoms with van der Waals surface area (Å²) < 4.78 is 0. The molecule has 1 aromatic heterocycles. The minimum absolute atomic E-state index is 0.000848. The highest BCUT2D eigenvalue weighted by Gasteiger charge is 2.06.